The van der Waals surface area contributed by atoms with Crippen molar-refractivity contribution in [1.29, 1.82) is 0 Å². The van der Waals surface area contributed by atoms with Crippen LogP contribution in [0.25, 0.3) is 10.1 Å². The molecule has 0 unspecified atom stereocenters. The quantitative estimate of drug-likeness (QED) is 0.892. The van der Waals surface area contributed by atoms with E-state index in [2.05, 4.69) is 17.3 Å². The fourth-order valence-corrected chi connectivity index (χ4v) is 3.54. The van der Waals surface area contributed by atoms with Crippen molar-refractivity contribution >= 4 is 33.0 Å². The van der Waals surface area contributed by atoms with Crippen molar-refractivity contribution in [2.75, 3.05) is 25.9 Å². The minimum absolute atomic E-state index is 0.0597. The van der Waals surface area contributed by atoms with Crippen molar-refractivity contribution in [2.24, 2.45) is 0 Å². The Hall–Kier alpha value is -1.59. The van der Waals surface area contributed by atoms with Crippen LogP contribution in [0.4, 0.5) is 5.69 Å². The maximum atomic E-state index is 12.3. The van der Waals surface area contributed by atoms with E-state index in [1.807, 2.05) is 25.1 Å². The van der Waals surface area contributed by atoms with E-state index in [-0.39, 0.29) is 5.91 Å². The van der Waals surface area contributed by atoms with E-state index in [9.17, 15) is 4.79 Å². The van der Waals surface area contributed by atoms with Gasteiger partial charge < -0.3 is 16.0 Å². The summed E-state index contributed by atoms with van der Waals surface area (Å²) in [6, 6.07) is 6.84. The molecule has 1 saturated carbocycles. The Morgan fingerprint density at radius 1 is 1.48 bits per heavy atom. The predicted octanol–water partition coefficient (Wildman–Crippen LogP) is 2.62. The number of nitrogens with zero attached hydrogens (tertiary/aromatic N) is 1. The zero-order valence-corrected chi connectivity index (χ0v) is 13.3. The van der Waals surface area contributed by atoms with Gasteiger partial charge in [-0.15, -0.1) is 11.3 Å². The molecule has 1 aromatic carbocycles. The number of rotatable bonds is 5. The van der Waals surface area contributed by atoms with Crippen LogP contribution in [-0.2, 0) is 0 Å². The van der Waals surface area contributed by atoms with Crippen LogP contribution in [0.5, 0.6) is 0 Å². The molecule has 1 amide bonds. The van der Waals surface area contributed by atoms with Gasteiger partial charge in [-0.05, 0) is 38.9 Å². The number of aryl methyl sites for hydroxylation is 1. The zero-order valence-electron chi connectivity index (χ0n) is 12.5. The summed E-state index contributed by atoms with van der Waals surface area (Å²) >= 11 is 1.47. The number of hydrogen-bond donors (Lipinski definition) is 2. The second kappa shape index (κ2) is 5.66. The van der Waals surface area contributed by atoms with Gasteiger partial charge in [0.05, 0.1) is 5.69 Å². The third-order valence-electron chi connectivity index (χ3n) is 4.01. The first-order valence-corrected chi connectivity index (χ1v) is 8.15. The molecule has 0 atom stereocenters. The number of benzene rings is 1. The van der Waals surface area contributed by atoms with E-state index in [0.717, 1.165) is 28.2 Å². The van der Waals surface area contributed by atoms with Crippen LogP contribution in [0.1, 0.15) is 28.1 Å². The molecule has 0 saturated heterocycles. The Bertz CT molecular complexity index is 675. The molecule has 4 nitrogen and oxygen atoms in total. The van der Waals surface area contributed by atoms with Crippen LogP contribution < -0.4 is 11.1 Å². The van der Waals surface area contributed by atoms with E-state index in [1.165, 1.54) is 24.2 Å². The summed E-state index contributed by atoms with van der Waals surface area (Å²) in [5.41, 5.74) is 7.90. The summed E-state index contributed by atoms with van der Waals surface area (Å²) in [4.78, 5) is 15.2. The minimum atomic E-state index is -0.0597. The van der Waals surface area contributed by atoms with Gasteiger partial charge in [0.15, 0.2) is 0 Å². The van der Waals surface area contributed by atoms with Gasteiger partial charge in [0, 0.05) is 29.2 Å². The number of nitrogens with two attached hydrogens (primary N) is 1. The van der Waals surface area contributed by atoms with Gasteiger partial charge in [-0.25, -0.2) is 0 Å². The fourth-order valence-electron chi connectivity index (χ4n) is 2.52. The number of likely N-dealkylation sites (N-methyl/N-ethyl adjacent to an activating group) is 1. The zero-order chi connectivity index (χ0) is 15.0. The number of nitrogens with one attached hydrogen (secondary N) is 1. The topological polar surface area (TPSA) is 58.4 Å². The predicted molar refractivity (Wildman–Crippen MR) is 89.0 cm³/mol. The molecule has 2 aromatic rings. The second-order valence-corrected chi connectivity index (χ2v) is 6.86. The second-order valence-electron chi connectivity index (χ2n) is 5.81. The molecule has 112 valence electrons. The van der Waals surface area contributed by atoms with Crippen molar-refractivity contribution in [3.05, 3.63) is 28.6 Å². The van der Waals surface area contributed by atoms with Crippen molar-refractivity contribution in [1.82, 2.24) is 10.2 Å². The number of carbonyl (C=O) groups excluding carboxylic acids is 1. The van der Waals surface area contributed by atoms with E-state index in [4.69, 9.17) is 5.73 Å². The largest absolute Gasteiger partial charge is 0.397 e. The summed E-state index contributed by atoms with van der Waals surface area (Å²) in [6.07, 6.45) is 2.57. The van der Waals surface area contributed by atoms with E-state index < -0.39 is 0 Å². The number of amides is 1. The third kappa shape index (κ3) is 3.04. The molecule has 1 fully saturated rings. The lowest BCUT2D eigenvalue weighted by Gasteiger charge is -2.15. The molecule has 5 heteroatoms. The molecule has 0 aliphatic heterocycles. The first kappa shape index (κ1) is 14.4. The molecule has 0 bridgehead atoms. The van der Waals surface area contributed by atoms with Crippen LogP contribution in [0, 0.1) is 6.92 Å². The lowest BCUT2D eigenvalue weighted by molar-refractivity contribution is 0.0954. The Morgan fingerprint density at radius 2 is 2.24 bits per heavy atom. The van der Waals surface area contributed by atoms with Gasteiger partial charge in [-0.1, -0.05) is 11.6 Å². The van der Waals surface area contributed by atoms with Crippen LogP contribution in [0.2, 0.25) is 0 Å². The van der Waals surface area contributed by atoms with Crippen LogP contribution >= 0.6 is 11.3 Å². The molecule has 0 spiro atoms. The maximum Gasteiger partial charge on any atom is 0.263 e. The number of hydrogen-bond acceptors (Lipinski definition) is 4. The Labute approximate surface area is 128 Å². The van der Waals surface area contributed by atoms with Gasteiger partial charge >= 0.3 is 0 Å². The molecule has 3 N–H and O–H groups in total. The monoisotopic (exact) mass is 303 g/mol. The maximum absolute atomic E-state index is 12.3. The summed E-state index contributed by atoms with van der Waals surface area (Å²) in [5, 5.41) is 3.97. The van der Waals surface area contributed by atoms with Crippen LogP contribution in [-0.4, -0.2) is 37.0 Å². The molecular weight excluding hydrogens is 282 g/mol. The highest BCUT2D eigenvalue weighted by Gasteiger charge is 2.25. The van der Waals surface area contributed by atoms with Gasteiger partial charge in [0.25, 0.3) is 5.91 Å². The molecule has 1 aliphatic rings. The summed E-state index contributed by atoms with van der Waals surface area (Å²) in [5.74, 6) is -0.0597. The average Bonchev–Trinajstić information content (AvgIpc) is 3.25. The molecule has 1 aliphatic carbocycles. The van der Waals surface area contributed by atoms with Gasteiger partial charge in [-0.2, -0.15) is 0 Å². The highest BCUT2D eigenvalue weighted by atomic mass is 32.1. The van der Waals surface area contributed by atoms with E-state index in [1.54, 1.807) is 0 Å². The first-order valence-electron chi connectivity index (χ1n) is 7.33. The first-order chi connectivity index (χ1) is 10.1. The fraction of sp³-hybridized carbons (Fsp3) is 0.438. The normalized spacial score (nSPS) is 14.8. The smallest absolute Gasteiger partial charge is 0.263 e. The minimum Gasteiger partial charge on any atom is -0.397 e. The number of thiophene rings is 1. The third-order valence-corrected chi connectivity index (χ3v) is 5.19. The lowest BCUT2D eigenvalue weighted by Crippen LogP contribution is -2.33. The van der Waals surface area contributed by atoms with Crippen LogP contribution in [0.15, 0.2) is 18.2 Å². The highest BCUT2D eigenvalue weighted by Crippen LogP contribution is 2.34. The Balaban J connectivity index is 1.67. The Morgan fingerprint density at radius 3 is 2.95 bits per heavy atom. The number of nitrogen functional groups attached to an aromatic ring is 1. The summed E-state index contributed by atoms with van der Waals surface area (Å²) in [7, 11) is 2.11. The van der Waals surface area contributed by atoms with E-state index in [0.29, 0.717) is 17.1 Å². The molecule has 1 aromatic heterocycles. The molecule has 21 heavy (non-hydrogen) atoms. The van der Waals surface area contributed by atoms with Gasteiger partial charge in [0.2, 0.25) is 0 Å². The Kier molecular flexibility index (Phi) is 3.87. The average molecular weight is 303 g/mol. The SMILES string of the molecule is Cc1ccc2sc(C(=O)NCCN(C)C3CC3)c(N)c2c1. The summed E-state index contributed by atoms with van der Waals surface area (Å²) < 4.78 is 1.07. The standard InChI is InChI=1S/C16H21N3OS/c1-10-3-6-13-12(9-10)14(17)15(21-13)16(20)18-7-8-19(2)11-4-5-11/h3,6,9,11H,4-5,7-8,17H2,1-2H3,(H,18,20). The number of fused-ring (bicyclic) bond motifs is 1. The molecular formula is C16H21N3OS. The highest BCUT2D eigenvalue weighted by molar-refractivity contribution is 7.21. The molecule has 1 heterocycles. The van der Waals surface area contributed by atoms with Crippen molar-refractivity contribution in [3.63, 3.8) is 0 Å². The van der Waals surface area contributed by atoms with E-state index >= 15 is 0 Å². The van der Waals surface area contributed by atoms with Gasteiger partial charge in [0.1, 0.15) is 4.88 Å². The number of carbonyl (C=O) groups is 1. The number of anilines is 1. The van der Waals surface area contributed by atoms with Crippen LogP contribution in [0.3, 0.4) is 0 Å². The summed E-state index contributed by atoms with van der Waals surface area (Å²) in [6.45, 7) is 3.59. The molecule has 3 rings (SSSR count). The molecule has 0 radical (unpaired) electrons. The lowest BCUT2D eigenvalue weighted by atomic mass is 10.1. The van der Waals surface area contributed by atoms with Crippen molar-refractivity contribution < 1.29 is 4.79 Å². The van der Waals surface area contributed by atoms with Crippen molar-refractivity contribution in [3.8, 4) is 0 Å². The van der Waals surface area contributed by atoms with Crippen molar-refractivity contribution in [2.45, 2.75) is 25.8 Å². The van der Waals surface area contributed by atoms with Gasteiger partial charge in [-0.3, -0.25) is 4.79 Å².